The zero-order valence-electron chi connectivity index (χ0n) is 11.4. The lowest BCUT2D eigenvalue weighted by Crippen LogP contribution is -2.32. The third-order valence-corrected chi connectivity index (χ3v) is 5.48. The van der Waals surface area contributed by atoms with Crippen LogP contribution in [-0.2, 0) is 21.2 Å². The molecule has 6 nitrogen and oxygen atoms in total. The van der Waals surface area contributed by atoms with Crippen molar-refractivity contribution in [3.8, 4) is 0 Å². The van der Waals surface area contributed by atoms with Gasteiger partial charge in [-0.1, -0.05) is 13.8 Å². The Hall–Kier alpha value is -0.960. The van der Waals surface area contributed by atoms with E-state index in [9.17, 15) is 18.3 Å². The molecule has 0 aliphatic carbocycles. The highest BCUT2D eigenvalue weighted by atomic mass is 32.2. The molecule has 0 aliphatic rings. The summed E-state index contributed by atoms with van der Waals surface area (Å²) in [5.41, 5.74) is 0. The van der Waals surface area contributed by atoms with Crippen molar-refractivity contribution in [3.63, 3.8) is 0 Å². The van der Waals surface area contributed by atoms with E-state index in [1.54, 1.807) is 0 Å². The van der Waals surface area contributed by atoms with Gasteiger partial charge in [-0.3, -0.25) is 4.79 Å². The van der Waals surface area contributed by atoms with Crippen LogP contribution in [0, 0.1) is 5.92 Å². The quantitative estimate of drug-likeness (QED) is 0.664. The second kappa shape index (κ2) is 7.16. The standard InChI is InChI=1S/C12H19NO5S2/c1-8(2)5-9(14)7-13-20(17,18)12-4-3-10(19-12)6-11(15)16/h3-4,8-9,13-14H,5-7H2,1-2H3,(H,15,16). The summed E-state index contributed by atoms with van der Waals surface area (Å²) in [6.45, 7) is 3.83. The molecule has 1 rings (SSSR count). The van der Waals surface area contributed by atoms with Gasteiger partial charge in [0.05, 0.1) is 12.5 Å². The molecule has 0 radical (unpaired) electrons. The Labute approximate surface area is 122 Å². The largest absolute Gasteiger partial charge is 0.481 e. The second-order valence-corrected chi connectivity index (χ2v) is 8.09. The van der Waals surface area contributed by atoms with Crippen molar-refractivity contribution in [1.29, 1.82) is 0 Å². The van der Waals surface area contributed by atoms with Gasteiger partial charge in [-0.25, -0.2) is 13.1 Å². The lowest BCUT2D eigenvalue weighted by molar-refractivity contribution is -0.136. The van der Waals surface area contributed by atoms with E-state index in [-0.39, 0.29) is 23.1 Å². The molecule has 1 atom stereocenters. The molecule has 0 spiro atoms. The van der Waals surface area contributed by atoms with E-state index in [1.807, 2.05) is 13.8 Å². The summed E-state index contributed by atoms with van der Waals surface area (Å²) in [5.74, 6) is -0.727. The number of aliphatic hydroxyl groups is 1. The Morgan fingerprint density at radius 1 is 1.40 bits per heavy atom. The average Bonchev–Trinajstić information content (AvgIpc) is 2.74. The molecule has 3 N–H and O–H groups in total. The monoisotopic (exact) mass is 321 g/mol. The Bertz CT molecular complexity index is 550. The van der Waals surface area contributed by atoms with Gasteiger partial charge >= 0.3 is 5.97 Å². The smallest absolute Gasteiger partial charge is 0.308 e. The SMILES string of the molecule is CC(C)CC(O)CNS(=O)(=O)c1ccc(CC(=O)O)s1. The summed E-state index contributed by atoms with van der Waals surface area (Å²) in [5, 5.41) is 18.3. The molecule has 1 aromatic rings. The molecule has 114 valence electrons. The number of thiophene rings is 1. The zero-order valence-corrected chi connectivity index (χ0v) is 13.0. The van der Waals surface area contributed by atoms with Gasteiger partial charge in [-0.05, 0) is 24.5 Å². The summed E-state index contributed by atoms with van der Waals surface area (Å²) in [6, 6.07) is 2.86. The fraction of sp³-hybridized carbons (Fsp3) is 0.583. The fourth-order valence-corrected chi connectivity index (χ4v) is 4.12. The first-order chi connectivity index (χ1) is 9.20. The van der Waals surface area contributed by atoms with Gasteiger partial charge < -0.3 is 10.2 Å². The van der Waals surface area contributed by atoms with Crippen LogP contribution in [0.4, 0.5) is 0 Å². The van der Waals surface area contributed by atoms with E-state index >= 15 is 0 Å². The molecule has 20 heavy (non-hydrogen) atoms. The Morgan fingerprint density at radius 3 is 2.60 bits per heavy atom. The summed E-state index contributed by atoms with van der Waals surface area (Å²) in [4.78, 5) is 11.0. The van der Waals surface area contributed by atoms with E-state index in [1.165, 1.54) is 12.1 Å². The third-order valence-electron chi connectivity index (χ3n) is 2.48. The molecular weight excluding hydrogens is 302 g/mol. The van der Waals surface area contributed by atoms with Crippen molar-refractivity contribution in [2.75, 3.05) is 6.54 Å². The van der Waals surface area contributed by atoms with Gasteiger partial charge in [0, 0.05) is 11.4 Å². The van der Waals surface area contributed by atoms with Crippen molar-refractivity contribution in [2.24, 2.45) is 5.92 Å². The first kappa shape index (κ1) is 17.1. The van der Waals surface area contributed by atoms with Gasteiger partial charge in [-0.15, -0.1) is 11.3 Å². The molecule has 0 bridgehead atoms. The van der Waals surface area contributed by atoms with Crippen LogP contribution in [0.5, 0.6) is 0 Å². The summed E-state index contributed by atoms with van der Waals surface area (Å²) >= 11 is 0.921. The van der Waals surface area contributed by atoms with Gasteiger partial charge in [-0.2, -0.15) is 0 Å². The minimum Gasteiger partial charge on any atom is -0.481 e. The average molecular weight is 321 g/mol. The molecule has 0 saturated carbocycles. The number of hydrogen-bond donors (Lipinski definition) is 3. The van der Waals surface area contributed by atoms with Crippen LogP contribution < -0.4 is 4.72 Å². The molecule has 1 aromatic heterocycles. The van der Waals surface area contributed by atoms with Crippen LogP contribution >= 0.6 is 11.3 Å². The number of aliphatic carboxylic acids is 1. The topological polar surface area (TPSA) is 104 Å². The Balaban J connectivity index is 2.64. The minimum atomic E-state index is -3.69. The maximum atomic E-state index is 12.0. The number of carbonyl (C=O) groups is 1. The van der Waals surface area contributed by atoms with Crippen LogP contribution in [0.15, 0.2) is 16.3 Å². The second-order valence-electron chi connectivity index (χ2n) is 4.93. The van der Waals surface area contributed by atoms with E-state index < -0.39 is 22.1 Å². The minimum absolute atomic E-state index is 0.0489. The molecule has 1 unspecified atom stereocenters. The Kier molecular flexibility index (Phi) is 6.12. The van der Waals surface area contributed by atoms with E-state index in [2.05, 4.69) is 4.72 Å². The van der Waals surface area contributed by atoms with Crippen molar-refractivity contribution in [1.82, 2.24) is 4.72 Å². The highest BCUT2D eigenvalue weighted by Crippen LogP contribution is 2.22. The molecule has 0 aliphatic heterocycles. The molecule has 1 heterocycles. The van der Waals surface area contributed by atoms with Crippen molar-refractivity contribution < 1.29 is 23.4 Å². The number of hydrogen-bond acceptors (Lipinski definition) is 5. The molecule has 8 heteroatoms. The number of aliphatic hydroxyl groups excluding tert-OH is 1. The maximum Gasteiger partial charge on any atom is 0.308 e. The Morgan fingerprint density at radius 2 is 2.05 bits per heavy atom. The maximum absolute atomic E-state index is 12.0. The van der Waals surface area contributed by atoms with Gasteiger partial charge in [0.2, 0.25) is 10.0 Å². The number of carboxylic acid groups (broad SMARTS) is 1. The lowest BCUT2D eigenvalue weighted by Gasteiger charge is -2.13. The van der Waals surface area contributed by atoms with Crippen LogP contribution in [-0.4, -0.2) is 37.2 Å². The number of sulfonamides is 1. The lowest BCUT2D eigenvalue weighted by atomic mass is 10.1. The first-order valence-electron chi connectivity index (χ1n) is 6.19. The number of carboxylic acids is 1. The van der Waals surface area contributed by atoms with Gasteiger partial charge in [0.25, 0.3) is 0 Å². The van der Waals surface area contributed by atoms with Crippen molar-refractivity contribution in [3.05, 3.63) is 17.0 Å². The van der Waals surface area contributed by atoms with Crippen molar-refractivity contribution >= 4 is 27.3 Å². The highest BCUT2D eigenvalue weighted by molar-refractivity contribution is 7.91. The van der Waals surface area contributed by atoms with E-state index in [0.717, 1.165) is 11.3 Å². The normalized spacial score (nSPS) is 13.6. The highest BCUT2D eigenvalue weighted by Gasteiger charge is 2.19. The fourth-order valence-electron chi connectivity index (χ4n) is 1.65. The first-order valence-corrected chi connectivity index (χ1v) is 8.49. The molecular formula is C12H19NO5S2. The van der Waals surface area contributed by atoms with Crippen molar-refractivity contribution in [2.45, 2.75) is 37.0 Å². The molecule has 0 fully saturated rings. The summed E-state index contributed by atoms with van der Waals surface area (Å²) in [6.07, 6.45) is -0.420. The predicted octanol–water partition coefficient (Wildman–Crippen LogP) is 1.06. The van der Waals surface area contributed by atoms with E-state index in [4.69, 9.17) is 5.11 Å². The zero-order chi connectivity index (χ0) is 15.3. The van der Waals surface area contributed by atoms with Gasteiger partial charge in [0.1, 0.15) is 4.21 Å². The summed E-state index contributed by atoms with van der Waals surface area (Å²) in [7, 11) is -3.69. The summed E-state index contributed by atoms with van der Waals surface area (Å²) < 4.78 is 26.3. The molecule has 0 amide bonds. The van der Waals surface area contributed by atoms with Gasteiger partial charge in [0.15, 0.2) is 0 Å². The molecule has 0 saturated heterocycles. The number of rotatable bonds is 8. The molecule has 0 aromatic carbocycles. The third kappa shape index (κ3) is 5.58. The van der Waals surface area contributed by atoms with Crippen LogP contribution in [0.3, 0.4) is 0 Å². The van der Waals surface area contributed by atoms with E-state index in [0.29, 0.717) is 11.3 Å². The van der Waals surface area contributed by atoms with Crippen LogP contribution in [0.1, 0.15) is 25.1 Å². The predicted molar refractivity (Wildman–Crippen MR) is 76.3 cm³/mol. The van der Waals surface area contributed by atoms with Crippen LogP contribution in [0.25, 0.3) is 0 Å². The van der Waals surface area contributed by atoms with Crippen LogP contribution in [0.2, 0.25) is 0 Å². The number of nitrogens with one attached hydrogen (secondary N) is 1.